The van der Waals surface area contributed by atoms with Gasteiger partial charge < -0.3 is 14.8 Å². The Morgan fingerprint density at radius 1 is 1.13 bits per heavy atom. The molecule has 1 heterocycles. The summed E-state index contributed by atoms with van der Waals surface area (Å²) in [6.45, 7) is 0. The number of para-hydroxylation sites is 3. The van der Waals surface area contributed by atoms with Crippen LogP contribution in [0.3, 0.4) is 0 Å². The number of amides is 1. The number of rotatable bonds is 5. The van der Waals surface area contributed by atoms with Crippen LogP contribution >= 0.6 is 0 Å². The van der Waals surface area contributed by atoms with E-state index in [1.165, 1.54) is 18.3 Å². The Morgan fingerprint density at radius 3 is 2.61 bits per heavy atom. The molecule has 0 aromatic heterocycles. The van der Waals surface area contributed by atoms with Crippen LogP contribution in [0, 0.1) is 17.1 Å². The highest BCUT2D eigenvalue weighted by Crippen LogP contribution is 2.41. The summed E-state index contributed by atoms with van der Waals surface area (Å²) < 4.78 is 33.2. The summed E-state index contributed by atoms with van der Waals surface area (Å²) in [4.78, 5) is 12.5. The monoisotopic (exact) mass is 442 g/mol. The van der Waals surface area contributed by atoms with Gasteiger partial charge in [0, 0.05) is 18.2 Å². The number of carbonyl (C=O) groups excluding carboxylic acids is 1. The van der Waals surface area contributed by atoms with Gasteiger partial charge >= 0.3 is 11.3 Å². The number of hydrogen-bond acceptors (Lipinski definition) is 5. The van der Waals surface area contributed by atoms with Gasteiger partial charge in [-0.05, 0) is 56.0 Å². The van der Waals surface area contributed by atoms with E-state index in [1.807, 2.05) is 18.2 Å². The van der Waals surface area contributed by atoms with Gasteiger partial charge in [-0.15, -0.1) is 0 Å². The second kappa shape index (κ2) is 9.30. The van der Waals surface area contributed by atoms with Crippen molar-refractivity contribution < 1.29 is 17.6 Å². The molecule has 2 aromatic carbocycles. The van der Waals surface area contributed by atoms with Gasteiger partial charge in [0.2, 0.25) is 5.91 Å². The topological polar surface area (TPSA) is 94.5 Å². The fourth-order valence-corrected chi connectivity index (χ4v) is 5.01. The van der Waals surface area contributed by atoms with E-state index in [9.17, 15) is 13.4 Å². The molecule has 0 spiro atoms. The Morgan fingerprint density at radius 2 is 1.84 bits per heavy atom. The van der Waals surface area contributed by atoms with Crippen molar-refractivity contribution in [2.75, 3.05) is 9.62 Å². The minimum absolute atomic E-state index is 0.0397. The Bertz CT molecular complexity index is 1040. The van der Waals surface area contributed by atoms with Crippen molar-refractivity contribution in [1.29, 1.82) is 5.41 Å². The molecule has 1 saturated carbocycles. The summed E-state index contributed by atoms with van der Waals surface area (Å²) in [5.74, 6) is -0.273. The average molecular weight is 443 g/mol. The average Bonchev–Trinajstić information content (AvgIpc) is 3.11. The number of nitrogens with one attached hydrogen (secondary N) is 3. The van der Waals surface area contributed by atoms with Crippen molar-refractivity contribution in [3.05, 3.63) is 66.6 Å². The number of nitrogens with zero attached hydrogens (tertiary/aromatic N) is 1. The molecule has 2 aliphatic rings. The molecule has 2 aromatic rings. The van der Waals surface area contributed by atoms with Gasteiger partial charge in [0.05, 0.1) is 11.4 Å². The van der Waals surface area contributed by atoms with E-state index in [4.69, 9.17) is 9.59 Å². The van der Waals surface area contributed by atoms with Crippen molar-refractivity contribution in [2.24, 2.45) is 5.92 Å². The predicted molar refractivity (Wildman–Crippen MR) is 118 cm³/mol. The Hall–Kier alpha value is -3.20. The third-order valence-electron chi connectivity index (χ3n) is 5.44. The molecule has 162 valence electrons. The standard InChI is InChI=1S/C22H23FN4O3S/c23-17-5-1-2-6-18(17)25-14-13-21(24)26-22(28)15-9-11-16(12-10-15)27-19-7-3-4-8-20(19)30-31(27)29/h1-8,13-16,25H,9-12H2,(H2,24,26,28)/b14-13-. The van der Waals surface area contributed by atoms with Gasteiger partial charge in [0.1, 0.15) is 11.7 Å². The number of carbonyl (C=O) groups is 1. The van der Waals surface area contributed by atoms with Gasteiger partial charge in [-0.2, -0.15) is 4.21 Å². The molecule has 4 rings (SSSR count). The predicted octanol–water partition coefficient (Wildman–Crippen LogP) is 3.88. The Labute approximate surface area is 182 Å². The summed E-state index contributed by atoms with van der Waals surface area (Å²) in [6.07, 6.45) is 5.47. The van der Waals surface area contributed by atoms with Gasteiger partial charge in [-0.25, -0.2) is 4.39 Å². The molecule has 1 aliphatic heterocycles. The Kier molecular flexibility index (Phi) is 6.31. The highest BCUT2D eigenvalue weighted by atomic mass is 32.2. The number of halogens is 1. The molecule has 7 nitrogen and oxygen atoms in total. The lowest BCUT2D eigenvalue weighted by Gasteiger charge is -2.32. The van der Waals surface area contributed by atoms with Crippen LogP contribution in [0.2, 0.25) is 0 Å². The molecular weight excluding hydrogens is 419 g/mol. The van der Waals surface area contributed by atoms with Crippen molar-refractivity contribution in [3.63, 3.8) is 0 Å². The number of anilines is 2. The zero-order chi connectivity index (χ0) is 21.8. The molecule has 3 N–H and O–H groups in total. The molecule has 1 fully saturated rings. The molecule has 9 heteroatoms. The van der Waals surface area contributed by atoms with Crippen LogP contribution in [0.25, 0.3) is 0 Å². The summed E-state index contributed by atoms with van der Waals surface area (Å²) in [5, 5.41) is 13.3. The van der Waals surface area contributed by atoms with E-state index in [-0.39, 0.29) is 23.7 Å². The maximum absolute atomic E-state index is 13.6. The highest BCUT2D eigenvalue weighted by Gasteiger charge is 2.37. The maximum atomic E-state index is 13.6. The highest BCUT2D eigenvalue weighted by molar-refractivity contribution is 7.82. The van der Waals surface area contributed by atoms with E-state index in [2.05, 4.69) is 10.6 Å². The molecule has 1 unspecified atom stereocenters. The summed E-state index contributed by atoms with van der Waals surface area (Å²) in [5.41, 5.74) is 1.11. The summed E-state index contributed by atoms with van der Waals surface area (Å²) in [6, 6.07) is 13.7. The molecule has 1 atom stereocenters. The largest absolute Gasteiger partial charge is 0.383 e. The Balaban J connectivity index is 1.27. The lowest BCUT2D eigenvalue weighted by Crippen LogP contribution is -2.42. The fourth-order valence-electron chi connectivity index (χ4n) is 3.87. The quantitative estimate of drug-likeness (QED) is 0.484. The van der Waals surface area contributed by atoms with Gasteiger partial charge in [-0.1, -0.05) is 24.3 Å². The minimum atomic E-state index is -1.55. The fraction of sp³-hybridized carbons (Fsp3) is 0.273. The third kappa shape index (κ3) is 4.77. The van der Waals surface area contributed by atoms with Crippen molar-refractivity contribution in [2.45, 2.75) is 31.7 Å². The molecule has 31 heavy (non-hydrogen) atoms. The molecule has 1 amide bonds. The lowest BCUT2D eigenvalue weighted by molar-refractivity contribution is -0.124. The maximum Gasteiger partial charge on any atom is 0.319 e. The number of amidine groups is 1. The van der Waals surface area contributed by atoms with E-state index < -0.39 is 17.1 Å². The van der Waals surface area contributed by atoms with Gasteiger partial charge in [0.15, 0.2) is 5.75 Å². The van der Waals surface area contributed by atoms with Crippen LogP contribution in [0.5, 0.6) is 5.75 Å². The molecular formula is C22H23FN4O3S. The lowest BCUT2D eigenvalue weighted by atomic mass is 9.85. The first-order valence-corrected chi connectivity index (χ1v) is 11.1. The smallest absolute Gasteiger partial charge is 0.319 e. The van der Waals surface area contributed by atoms with Crippen LogP contribution in [0.1, 0.15) is 25.7 Å². The van der Waals surface area contributed by atoms with Crippen LogP contribution in [0.15, 0.2) is 60.8 Å². The second-order valence-corrected chi connectivity index (χ2v) is 8.45. The first-order valence-electron chi connectivity index (χ1n) is 10.1. The minimum Gasteiger partial charge on any atom is -0.383 e. The van der Waals surface area contributed by atoms with E-state index in [0.717, 1.165) is 5.69 Å². The zero-order valence-corrected chi connectivity index (χ0v) is 17.5. The first-order chi connectivity index (χ1) is 15.0. The third-order valence-corrected chi connectivity index (χ3v) is 6.58. The van der Waals surface area contributed by atoms with Crippen LogP contribution in [-0.2, 0) is 16.1 Å². The molecule has 0 radical (unpaired) electrons. The number of fused-ring (bicyclic) bond motifs is 1. The summed E-state index contributed by atoms with van der Waals surface area (Å²) >= 11 is -1.55. The number of benzene rings is 2. The molecule has 0 bridgehead atoms. The van der Waals surface area contributed by atoms with Crippen molar-refractivity contribution in [3.8, 4) is 5.75 Å². The van der Waals surface area contributed by atoms with E-state index in [1.54, 1.807) is 28.6 Å². The van der Waals surface area contributed by atoms with Gasteiger partial charge in [0.25, 0.3) is 0 Å². The van der Waals surface area contributed by atoms with Crippen LogP contribution < -0.4 is 19.1 Å². The normalized spacial score (nSPS) is 22.6. The number of hydrogen-bond donors (Lipinski definition) is 3. The van der Waals surface area contributed by atoms with E-state index in [0.29, 0.717) is 37.1 Å². The first kappa shape index (κ1) is 21.0. The van der Waals surface area contributed by atoms with Crippen molar-refractivity contribution >= 4 is 34.4 Å². The van der Waals surface area contributed by atoms with Gasteiger partial charge in [-0.3, -0.25) is 14.5 Å². The van der Waals surface area contributed by atoms with Crippen LogP contribution in [0.4, 0.5) is 15.8 Å². The summed E-state index contributed by atoms with van der Waals surface area (Å²) in [7, 11) is 0. The molecule has 0 saturated heterocycles. The van der Waals surface area contributed by atoms with E-state index >= 15 is 0 Å². The molecule has 1 aliphatic carbocycles. The zero-order valence-electron chi connectivity index (χ0n) is 16.7. The SMILES string of the molecule is N=C(/C=C\Nc1ccccc1F)NC(=O)C1CCC(N2c3ccccc3OS2=O)CC1. The van der Waals surface area contributed by atoms with Crippen LogP contribution in [-0.4, -0.2) is 22.0 Å². The second-order valence-electron chi connectivity index (χ2n) is 7.46. The van der Waals surface area contributed by atoms with Crippen molar-refractivity contribution in [1.82, 2.24) is 5.32 Å².